The van der Waals surface area contributed by atoms with Crippen molar-refractivity contribution in [2.24, 2.45) is 0 Å². The van der Waals surface area contributed by atoms with Crippen LogP contribution in [0, 0.1) is 6.92 Å². The summed E-state index contributed by atoms with van der Waals surface area (Å²) in [7, 11) is -3.29. The molecule has 2 N–H and O–H groups in total. The molecule has 1 heterocycles. The van der Waals surface area contributed by atoms with E-state index in [0.29, 0.717) is 24.7 Å². The van der Waals surface area contributed by atoms with Crippen molar-refractivity contribution in [2.75, 3.05) is 19.6 Å². The molecule has 0 fully saturated rings. The predicted octanol–water partition coefficient (Wildman–Crippen LogP) is -0.162. The van der Waals surface area contributed by atoms with Crippen LogP contribution in [0.25, 0.3) is 0 Å². The minimum absolute atomic E-state index is 0.276. The van der Waals surface area contributed by atoms with Crippen molar-refractivity contribution in [1.82, 2.24) is 20.2 Å². The van der Waals surface area contributed by atoms with E-state index >= 15 is 0 Å². The predicted molar refractivity (Wildman–Crippen MR) is 67.7 cm³/mol. The van der Waals surface area contributed by atoms with Gasteiger partial charge in [0.25, 0.3) is 0 Å². The van der Waals surface area contributed by atoms with Crippen LogP contribution in [0.4, 0.5) is 0 Å². The van der Waals surface area contributed by atoms with Crippen molar-refractivity contribution in [1.29, 1.82) is 0 Å². The lowest BCUT2D eigenvalue weighted by molar-refractivity contribution is 0.387. The highest BCUT2D eigenvalue weighted by molar-refractivity contribution is 7.90. The maximum absolute atomic E-state index is 11.8. The SMILES string of the molecule is CCNCC(C)S(=O)(=O)NCCc1noc(C)n1. The van der Waals surface area contributed by atoms with Gasteiger partial charge in [0.15, 0.2) is 5.82 Å². The highest BCUT2D eigenvalue weighted by Crippen LogP contribution is 1.99. The van der Waals surface area contributed by atoms with Crippen LogP contribution in [0.1, 0.15) is 25.6 Å². The zero-order valence-electron chi connectivity index (χ0n) is 10.9. The van der Waals surface area contributed by atoms with E-state index in [0.717, 1.165) is 6.54 Å². The second-order valence-corrected chi connectivity index (χ2v) is 6.22. The van der Waals surface area contributed by atoms with Crippen LogP contribution in [0.3, 0.4) is 0 Å². The van der Waals surface area contributed by atoms with Gasteiger partial charge in [0.05, 0.1) is 5.25 Å². The molecule has 0 radical (unpaired) electrons. The van der Waals surface area contributed by atoms with E-state index < -0.39 is 15.3 Å². The highest BCUT2D eigenvalue weighted by atomic mass is 32.2. The molecule has 1 rings (SSSR count). The van der Waals surface area contributed by atoms with E-state index in [1.54, 1.807) is 13.8 Å². The van der Waals surface area contributed by atoms with E-state index in [2.05, 4.69) is 20.2 Å². The van der Waals surface area contributed by atoms with Crippen molar-refractivity contribution >= 4 is 10.0 Å². The van der Waals surface area contributed by atoms with Gasteiger partial charge in [-0.3, -0.25) is 0 Å². The summed E-state index contributed by atoms with van der Waals surface area (Å²) in [6.45, 7) is 6.76. The molecule has 0 saturated carbocycles. The normalized spacial score (nSPS) is 13.7. The third-order valence-corrected chi connectivity index (χ3v) is 4.27. The van der Waals surface area contributed by atoms with Gasteiger partial charge in [-0.1, -0.05) is 12.1 Å². The van der Waals surface area contributed by atoms with Crippen molar-refractivity contribution in [3.63, 3.8) is 0 Å². The minimum atomic E-state index is -3.29. The molecule has 1 atom stereocenters. The zero-order chi connectivity index (χ0) is 13.6. The molecular formula is C10H20N4O3S. The number of sulfonamides is 1. The summed E-state index contributed by atoms with van der Waals surface area (Å²) >= 11 is 0. The number of aryl methyl sites for hydroxylation is 1. The molecule has 1 aromatic heterocycles. The maximum Gasteiger partial charge on any atom is 0.223 e. The molecule has 0 aliphatic rings. The average molecular weight is 276 g/mol. The fourth-order valence-electron chi connectivity index (χ4n) is 1.35. The van der Waals surface area contributed by atoms with Crippen LogP contribution in [0.15, 0.2) is 4.52 Å². The Balaban J connectivity index is 2.37. The first-order valence-corrected chi connectivity index (χ1v) is 7.48. The molecule has 0 bridgehead atoms. The Morgan fingerprint density at radius 2 is 2.17 bits per heavy atom. The van der Waals surface area contributed by atoms with E-state index in [1.807, 2.05) is 6.92 Å². The second-order valence-electron chi connectivity index (χ2n) is 4.04. The molecule has 7 nitrogen and oxygen atoms in total. The van der Waals surface area contributed by atoms with Gasteiger partial charge < -0.3 is 9.84 Å². The Morgan fingerprint density at radius 3 is 2.72 bits per heavy atom. The van der Waals surface area contributed by atoms with Crippen LogP contribution in [-0.2, 0) is 16.4 Å². The molecule has 0 aliphatic heterocycles. The number of hydrogen-bond acceptors (Lipinski definition) is 6. The summed E-state index contributed by atoms with van der Waals surface area (Å²) in [6.07, 6.45) is 0.421. The smallest absolute Gasteiger partial charge is 0.223 e. The lowest BCUT2D eigenvalue weighted by Gasteiger charge is -2.13. The van der Waals surface area contributed by atoms with E-state index in [1.165, 1.54) is 0 Å². The van der Waals surface area contributed by atoms with E-state index in [4.69, 9.17) is 4.52 Å². The molecule has 1 aromatic rings. The van der Waals surface area contributed by atoms with Gasteiger partial charge in [0, 0.05) is 26.4 Å². The first-order chi connectivity index (χ1) is 8.45. The van der Waals surface area contributed by atoms with Gasteiger partial charge in [-0.25, -0.2) is 13.1 Å². The molecule has 0 spiro atoms. The fraction of sp³-hybridized carbons (Fsp3) is 0.800. The molecule has 8 heteroatoms. The van der Waals surface area contributed by atoms with Crippen LogP contribution in [0.5, 0.6) is 0 Å². The molecule has 0 saturated heterocycles. The Morgan fingerprint density at radius 1 is 1.44 bits per heavy atom. The molecule has 0 aromatic carbocycles. The number of rotatable bonds is 8. The molecule has 0 aliphatic carbocycles. The summed E-state index contributed by atoms with van der Waals surface area (Å²) in [5, 5.41) is 6.24. The van der Waals surface area contributed by atoms with Gasteiger partial charge in [0.2, 0.25) is 15.9 Å². The summed E-state index contributed by atoms with van der Waals surface area (Å²) in [4.78, 5) is 4.00. The second kappa shape index (κ2) is 6.81. The third-order valence-electron chi connectivity index (χ3n) is 2.43. The van der Waals surface area contributed by atoms with E-state index in [-0.39, 0.29) is 6.54 Å². The molecule has 18 heavy (non-hydrogen) atoms. The van der Waals surface area contributed by atoms with E-state index in [9.17, 15) is 8.42 Å². The van der Waals surface area contributed by atoms with Crippen molar-refractivity contribution in [2.45, 2.75) is 32.4 Å². The monoisotopic (exact) mass is 276 g/mol. The van der Waals surface area contributed by atoms with Crippen LogP contribution in [-0.4, -0.2) is 43.4 Å². The Hall–Kier alpha value is -0.990. The van der Waals surface area contributed by atoms with Crippen LogP contribution < -0.4 is 10.0 Å². The fourth-order valence-corrected chi connectivity index (χ4v) is 2.36. The lowest BCUT2D eigenvalue weighted by Crippen LogP contribution is -2.39. The first-order valence-electron chi connectivity index (χ1n) is 5.94. The van der Waals surface area contributed by atoms with Crippen molar-refractivity contribution in [3.8, 4) is 0 Å². The summed E-state index contributed by atoms with van der Waals surface area (Å²) in [5.74, 6) is 0.989. The van der Waals surface area contributed by atoms with Crippen LogP contribution in [0.2, 0.25) is 0 Å². The number of nitrogens with one attached hydrogen (secondary N) is 2. The van der Waals surface area contributed by atoms with Gasteiger partial charge in [-0.05, 0) is 13.5 Å². The van der Waals surface area contributed by atoms with Crippen molar-refractivity contribution in [3.05, 3.63) is 11.7 Å². The van der Waals surface area contributed by atoms with Gasteiger partial charge >= 0.3 is 0 Å². The maximum atomic E-state index is 11.8. The third kappa shape index (κ3) is 4.71. The number of aromatic nitrogens is 2. The van der Waals surface area contributed by atoms with Gasteiger partial charge in [-0.15, -0.1) is 0 Å². The summed E-state index contributed by atoms with van der Waals surface area (Å²) in [5.41, 5.74) is 0. The number of nitrogens with zero attached hydrogens (tertiary/aromatic N) is 2. The van der Waals surface area contributed by atoms with Crippen LogP contribution >= 0.6 is 0 Å². The zero-order valence-corrected chi connectivity index (χ0v) is 11.7. The topological polar surface area (TPSA) is 97.1 Å². The molecule has 104 valence electrons. The van der Waals surface area contributed by atoms with Crippen molar-refractivity contribution < 1.29 is 12.9 Å². The highest BCUT2D eigenvalue weighted by Gasteiger charge is 2.19. The average Bonchev–Trinajstić information content (AvgIpc) is 2.71. The molecule has 0 amide bonds. The Kier molecular flexibility index (Phi) is 5.70. The first kappa shape index (κ1) is 15.1. The lowest BCUT2D eigenvalue weighted by atomic mass is 10.4. The standard InChI is InChI=1S/C10H20N4O3S/c1-4-11-7-8(2)18(15,16)12-6-5-10-13-9(3)17-14-10/h8,11-12H,4-7H2,1-3H3. The summed E-state index contributed by atoms with van der Waals surface area (Å²) in [6, 6.07) is 0. The van der Waals surface area contributed by atoms with Gasteiger partial charge in [-0.2, -0.15) is 4.98 Å². The quantitative estimate of drug-likeness (QED) is 0.684. The molecule has 1 unspecified atom stereocenters. The number of hydrogen-bond donors (Lipinski definition) is 2. The Bertz CT molecular complexity index is 457. The largest absolute Gasteiger partial charge is 0.340 e. The summed E-state index contributed by atoms with van der Waals surface area (Å²) < 4.78 is 31.0. The Labute approximate surface area is 107 Å². The molecular weight excluding hydrogens is 256 g/mol. The minimum Gasteiger partial charge on any atom is -0.340 e. The van der Waals surface area contributed by atoms with Gasteiger partial charge in [0.1, 0.15) is 0 Å².